The number of hydrogen-bond acceptors (Lipinski definition) is 3. The molecule has 0 aromatic heterocycles. The first-order valence-electron chi connectivity index (χ1n) is 2.74. The molecule has 1 saturated heterocycles. The maximum Gasteiger partial charge on any atom is 0.419 e. The molecule has 12 heavy (non-hydrogen) atoms. The lowest BCUT2D eigenvalue weighted by molar-refractivity contribution is -0.195. The standard InChI is InChI=1S/C5H3F3O3S/c1-2-3-4(5(6,7)8)11-12(9)10-3/h1,3-4H. The summed E-state index contributed by atoms with van der Waals surface area (Å²) in [5, 5.41) is 0. The molecular weight excluding hydrogens is 197 g/mol. The van der Waals surface area contributed by atoms with Gasteiger partial charge in [-0.25, -0.2) is 4.18 Å². The van der Waals surface area contributed by atoms with Gasteiger partial charge in [-0.3, -0.25) is 4.18 Å². The van der Waals surface area contributed by atoms with E-state index in [-0.39, 0.29) is 0 Å². The molecule has 1 heterocycles. The summed E-state index contributed by atoms with van der Waals surface area (Å²) in [5.41, 5.74) is 0. The van der Waals surface area contributed by atoms with Gasteiger partial charge in [0.25, 0.3) is 0 Å². The molecule has 3 unspecified atom stereocenters. The van der Waals surface area contributed by atoms with Gasteiger partial charge in [0.15, 0.2) is 6.10 Å². The quantitative estimate of drug-likeness (QED) is 0.535. The predicted molar refractivity (Wildman–Crippen MR) is 32.8 cm³/mol. The highest BCUT2D eigenvalue weighted by molar-refractivity contribution is 7.75. The van der Waals surface area contributed by atoms with Crippen molar-refractivity contribution in [1.82, 2.24) is 0 Å². The Bertz CT molecular complexity index is 243. The average Bonchev–Trinajstić information content (AvgIpc) is 2.29. The van der Waals surface area contributed by atoms with Gasteiger partial charge in [-0.15, -0.1) is 6.42 Å². The van der Waals surface area contributed by atoms with Crippen LogP contribution in [0.5, 0.6) is 0 Å². The van der Waals surface area contributed by atoms with E-state index >= 15 is 0 Å². The van der Waals surface area contributed by atoms with Crippen LogP contribution in [0, 0.1) is 12.3 Å². The lowest BCUT2D eigenvalue weighted by Crippen LogP contribution is -2.36. The van der Waals surface area contributed by atoms with Gasteiger partial charge in [0.05, 0.1) is 0 Å². The molecule has 68 valence electrons. The molecule has 0 aromatic rings. The summed E-state index contributed by atoms with van der Waals surface area (Å²) in [4.78, 5) is 0. The minimum Gasteiger partial charge on any atom is -0.251 e. The van der Waals surface area contributed by atoms with E-state index in [0.717, 1.165) is 0 Å². The van der Waals surface area contributed by atoms with Crippen molar-refractivity contribution >= 4 is 11.4 Å². The van der Waals surface area contributed by atoms with E-state index in [2.05, 4.69) is 8.37 Å². The van der Waals surface area contributed by atoms with Crippen LogP contribution < -0.4 is 0 Å². The van der Waals surface area contributed by atoms with Gasteiger partial charge in [-0.2, -0.15) is 17.4 Å². The van der Waals surface area contributed by atoms with Crippen molar-refractivity contribution in [3.63, 3.8) is 0 Å². The van der Waals surface area contributed by atoms with Crippen LogP contribution in [0.3, 0.4) is 0 Å². The van der Waals surface area contributed by atoms with Gasteiger partial charge in [-0.1, -0.05) is 5.92 Å². The molecule has 0 radical (unpaired) electrons. The monoisotopic (exact) mass is 200 g/mol. The Hall–Kier alpha value is -0.580. The van der Waals surface area contributed by atoms with Crippen LogP contribution in [0.15, 0.2) is 0 Å². The number of rotatable bonds is 0. The zero-order valence-electron chi connectivity index (χ0n) is 5.50. The van der Waals surface area contributed by atoms with E-state index in [0.29, 0.717) is 0 Å². The first-order chi connectivity index (χ1) is 5.45. The summed E-state index contributed by atoms with van der Waals surface area (Å²) < 4.78 is 54.2. The molecule has 0 spiro atoms. The molecule has 1 aliphatic heterocycles. The van der Waals surface area contributed by atoms with Crippen molar-refractivity contribution in [2.45, 2.75) is 18.4 Å². The Kier molecular flexibility index (Phi) is 2.41. The van der Waals surface area contributed by atoms with Crippen molar-refractivity contribution in [2.24, 2.45) is 0 Å². The van der Waals surface area contributed by atoms with Crippen LogP contribution in [0.4, 0.5) is 13.2 Å². The Morgan fingerprint density at radius 2 is 2.00 bits per heavy atom. The molecule has 7 heteroatoms. The van der Waals surface area contributed by atoms with Crippen LogP contribution >= 0.6 is 0 Å². The predicted octanol–water partition coefficient (Wildman–Crippen LogP) is 0.545. The molecule has 3 nitrogen and oxygen atoms in total. The Balaban J connectivity index is 2.79. The van der Waals surface area contributed by atoms with Gasteiger partial charge < -0.3 is 0 Å². The Morgan fingerprint density at radius 3 is 2.33 bits per heavy atom. The summed E-state index contributed by atoms with van der Waals surface area (Å²) in [5.74, 6) is 1.69. The second-order valence-electron chi connectivity index (χ2n) is 1.95. The van der Waals surface area contributed by atoms with Crippen LogP contribution in [-0.4, -0.2) is 22.6 Å². The summed E-state index contributed by atoms with van der Waals surface area (Å²) in [6.07, 6.45) is -3.86. The lowest BCUT2D eigenvalue weighted by Gasteiger charge is -2.13. The smallest absolute Gasteiger partial charge is 0.251 e. The fourth-order valence-corrected chi connectivity index (χ4v) is 1.38. The highest BCUT2D eigenvalue weighted by atomic mass is 32.2. The van der Waals surface area contributed by atoms with Crippen molar-refractivity contribution in [2.75, 3.05) is 0 Å². The number of terminal acetylenes is 1. The van der Waals surface area contributed by atoms with E-state index in [1.807, 2.05) is 0 Å². The molecule has 0 bridgehead atoms. The van der Waals surface area contributed by atoms with Gasteiger partial charge in [0.2, 0.25) is 6.10 Å². The molecule has 1 aliphatic rings. The molecule has 0 saturated carbocycles. The first kappa shape index (κ1) is 9.51. The van der Waals surface area contributed by atoms with Gasteiger partial charge in [0, 0.05) is 0 Å². The van der Waals surface area contributed by atoms with Crippen LogP contribution in [-0.2, 0) is 19.7 Å². The van der Waals surface area contributed by atoms with Crippen molar-refractivity contribution < 1.29 is 25.7 Å². The molecule has 1 fully saturated rings. The topological polar surface area (TPSA) is 35.5 Å². The van der Waals surface area contributed by atoms with E-state index in [1.165, 1.54) is 0 Å². The van der Waals surface area contributed by atoms with E-state index < -0.39 is 29.7 Å². The third-order valence-corrected chi connectivity index (χ3v) is 1.86. The lowest BCUT2D eigenvalue weighted by atomic mass is 10.2. The van der Waals surface area contributed by atoms with Crippen LogP contribution in [0.25, 0.3) is 0 Å². The van der Waals surface area contributed by atoms with Crippen LogP contribution in [0.2, 0.25) is 0 Å². The average molecular weight is 200 g/mol. The van der Waals surface area contributed by atoms with E-state index in [1.54, 1.807) is 5.92 Å². The minimum absolute atomic E-state index is 1.62. The summed E-state index contributed by atoms with van der Waals surface area (Å²) in [6.45, 7) is 0. The third kappa shape index (κ3) is 1.77. The second kappa shape index (κ2) is 3.05. The summed E-state index contributed by atoms with van der Waals surface area (Å²) in [6, 6.07) is 0. The van der Waals surface area contributed by atoms with Gasteiger partial charge in [0.1, 0.15) is 0 Å². The molecule has 0 N–H and O–H groups in total. The molecule has 0 aromatic carbocycles. The van der Waals surface area contributed by atoms with E-state index in [9.17, 15) is 17.4 Å². The fraction of sp³-hybridized carbons (Fsp3) is 0.600. The zero-order chi connectivity index (χ0) is 9.35. The maximum absolute atomic E-state index is 11.9. The largest absolute Gasteiger partial charge is 0.419 e. The molecule has 0 aliphatic carbocycles. The minimum atomic E-state index is -4.65. The molecule has 3 atom stereocenters. The zero-order valence-corrected chi connectivity index (χ0v) is 6.32. The third-order valence-electron chi connectivity index (χ3n) is 1.13. The van der Waals surface area contributed by atoms with Crippen molar-refractivity contribution in [3.05, 3.63) is 0 Å². The number of alkyl halides is 3. The van der Waals surface area contributed by atoms with Crippen LogP contribution in [0.1, 0.15) is 0 Å². The molecular formula is C5H3F3O3S. The highest BCUT2D eigenvalue weighted by Crippen LogP contribution is 2.31. The maximum atomic E-state index is 11.9. The van der Waals surface area contributed by atoms with Crippen molar-refractivity contribution in [1.29, 1.82) is 0 Å². The first-order valence-corrected chi connectivity index (χ1v) is 3.74. The number of halogens is 3. The summed E-state index contributed by atoms with van der Waals surface area (Å²) >= 11 is -2.39. The Labute approximate surface area is 68.7 Å². The van der Waals surface area contributed by atoms with Gasteiger partial charge in [-0.05, 0) is 0 Å². The van der Waals surface area contributed by atoms with E-state index in [4.69, 9.17) is 6.42 Å². The van der Waals surface area contributed by atoms with Crippen molar-refractivity contribution in [3.8, 4) is 12.3 Å². The highest BCUT2D eigenvalue weighted by Gasteiger charge is 2.52. The normalized spacial score (nSPS) is 36.3. The molecule has 0 amide bonds. The second-order valence-corrected chi connectivity index (χ2v) is 2.74. The fourth-order valence-electron chi connectivity index (χ4n) is 0.634. The summed E-state index contributed by atoms with van der Waals surface area (Å²) in [7, 11) is 0. The van der Waals surface area contributed by atoms with Gasteiger partial charge >= 0.3 is 17.5 Å². The Morgan fingerprint density at radius 1 is 1.42 bits per heavy atom. The number of hydrogen-bond donors (Lipinski definition) is 0. The molecule has 1 rings (SSSR count). The SMILES string of the molecule is C#CC1OS(=O)OC1C(F)(F)F.